The fraction of sp³-hybridized carbons (Fsp3) is 0.333. The van der Waals surface area contributed by atoms with Gasteiger partial charge in [-0.1, -0.05) is 19.3 Å². The molecule has 0 aliphatic heterocycles. The second-order valence-electron chi connectivity index (χ2n) is 7.02. The highest BCUT2D eigenvalue weighted by Crippen LogP contribution is 2.25. The summed E-state index contributed by atoms with van der Waals surface area (Å²) in [5, 5.41) is 7.67. The van der Waals surface area contributed by atoms with E-state index in [-0.39, 0.29) is 17.8 Å². The number of nitrogens with zero attached hydrogens (tertiary/aromatic N) is 2. The number of hydrogen-bond donors (Lipinski definition) is 1. The van der Waals surface area contributed by atoms with Crippen molar-refractivity contribution in [2.45, 2.75) is 45.1 Å². The van der Waals surface area contributed by atoms with Crippen LogP contribution in [0.15, 0.2) is 46.9 Å². The molecule has 5 nitrogen and oxygen atoms in total. The van der Waals surface area contributed by atoms with Crippen LogP contribution in [-0.2, 0) is 0 Å². The lowest BCUT2D eigenvalue weighted by Gasteiger charge is -2.22. The summed E-state index contributed by atoms with van der Waals surface area (Å²) in [6.07, 6.45) is 5.50. The van der Waals surface area contributed by atoms with Crippen molar-refractivity contribution in [2.24, 2.45) is 0 Å². The quantitative estimate of drug-likeness (QED) is 0.731. The van der Waals surface area contributed by atoms with Crippen LogP contribution in [0.3, 0.4) is 0 Å². The van der Waals surface area contributed by atoms with Gasteiger partial charge in [0.05, 0.1) is 5.69 Å². The minimum atomic E-state index is -0.332. The van der Waals surface area contributed by atoms with Crippen molar-refractivity contribution >= 4 is 5.91 Å². The van der Waals surface area contributed by atoms with Crippen LogP contribution in [0.2, 0.25) is 0 Å². The van der Waals surface area contributed by atoms with Crippen molar-refractivity contribution < 1.29 is 13.6 Å². The maximum atomic E-state index is 13.3. The van der Waals surface area contributed by atoms with Crippen LogP contribution in [-0.4, -0.2) is 21.7 Å². The Morgan fingerprint density at radius 3 is 2.56 bits per heavy atom. The summed E-state index contributed by atoms with van der Waals surface area (Å²) in [6.45, 7) is 1.86. The zero-order valence-electron chi connectivity index (χ0n) is 15.2. The number of rotatable bonds is 4. The molecule has 6 heteroatoms. The Morgan fingerprint density at radius 2 is 1.89 bits per heavy atom. The number of amides is 1. The van der Waals surface area contributed by atoms with E-state index in [1.165, 1.54) is 18.6 Å². The summed E-state index contributed by atoms with van der Waals surface area (Å²) < 4.78 is 20.5. The van der Waals surface area contributed by atoms with E-state index in [1.54, 1.807) is 22.9 Å². The summed E-state index contributed by atoms with van der Waals surface area (Å²) in [5.41, 5.74) is 1.61. The minimum absolute atomic E-state index is 0.173. The first-order valence-electron chi connectivity index (χ1n) is 9.34. The first kappa shape index (κ1) is 17.5. The normalized spacial score (nSPS) is 15.0. The fourth-order valence-corrected chi connectivity index (χ4v) is 3.52. The van der Waals surface area contributed by atoms with Crippen LogP contribution in [0.4, 0.5) is 4.39 Å². The molecular formula is C21H22FN3O2. The Morgan fingerprint density at radius 1 is 1.15 bits per heavy atom. The van der Waals surface area contributed by atoms with Crippen LogP contribution >= 0.6 is 0 Å². The monoisotopic (exact) mass is 367 g/mol. The van der Waals surface area contributed by atoms with Crippen molar-refractivity contribution in [3.63, 3.8) is 0 Å². The maximum absolute atomic E-state index is 13.3. The van der Waals surface area contributed by atoms with Gasteiger partial charge in [-0.05, 0) is 56.2 Å². The Kier molecular flexibility index (Phi) is 4.79. The molecule has 1 fully saturated rings. The smallest absolute Gasteiger partial charge is 0.270 e. The van der Waals surface area contributed by atoms with Gasteiger partial charge in [0.1, 0.15) is 23.0 Å². The Labute approximate surface area is 157 Å². The highest BCUT2D eigenvalue weighted by atomic mass is 19.1. The summed E-state index contributed by atoms with van der Waals surface area (Å²) >= 11 is 0. The van der Waals surface area contributed by atoms with E-state index in [2.05, 4.69) is 10.4 Å². The van der Waals surface area contributed by atoms with Gasteiger partial charge in [-0.2, -0.15) is 5.10 Å². The average molecular weight is 367 g/mol. The predicted molar refractivity (Wildman–Crippen MR) is 100 cm³/mol. The second kappa shape index (κ2) is 7.39. The van der Waals surface area contributed by atoms with Gasteiger partial charge in [-0.15, -0.1) is 0 Å². The lowest BCUT2D eigenvalue weighted by atomic mass is 9.95. The maximum Gasteiger partial charge on any atom is 0.270 e. The van der Waals surface area contributed by atoms with Gasteiger partial charge >= 0.3 is 0 Å². The SMILES string of the molecule is Cc1ccc(-c2cc(C(=O)NC3CCCCC3)n(-c3ccc(F)cc3)n2)o1. The molecule has 4 rings (SSSR count). The molecule has 0 atom stereocenters. The molecule has 0 bridgehead atoms. The molecule has 0 saturated heterocycles. The van der Waals surface area contributed by atoms with E-state index in [9.17, 15) is 9.18 Å². The fourth-order valence-electron chi connectivity index (χ4n) is 3.52. The minimum Gasteiger partial charge on any atom is -0.460 e. The van der Waals surface area contributed by atoms with Crippen molar-refractivity contribution in [2.75, 3.05) is 0 Å². The van der Waals surface area contributed by atoms with Gasteiger partial charge in [-0.3, -0.25) is 4.79 Å². The molecular weight excluding hydrogens is 345 g/mol. The van der Waals surface area contributed by atoms with Crippen LogP contribution in [0, 0.1) is 12.7 Å². The third-order valence-electron chi connectivity index (χ3n) is 4.95. The highest BCUT2D eigenvalue weighted by molar-refractivity contribution is 5.94. The van der Waals surface area contributed by atoms with E-state index in [0.717, 1.165) is 31.4 Å². The molecule has 1 saturated carbocycles. The summed E-state index contributed by atoms with van der Waals surface area (Å²) in [7, 11) is 0. The number of carbonyl (C=O) groups is 1. The third kappa shape index (κ3) is 3.79. The number of furan rings is 1. The molecule has 140 valence electrons. The van der Waals surface area contributed by atoms with E-state index < -0.39 is 0 Å². The first-order valence-corrected chi connectivity index (χ1v) is 9.34. The zero-order valence-corrected chi connectivity index (χ0v) is 15.2. The van der Waals surface area contributed by atoms with Crippen LogP contribution in [0.25, 0.3) is 17.1 Å². The third-order valence-corrected chi connectivity index (χ3v) is 4.95. The molecule has 1 aliphatic carbocycles. The molecule has 2 aromatic heterocycles. The molecule has 0 spiro atoms. The average Bonchev–Trinajstić information content (AvgIpc) is 3.30. The topological polar surface area (TPSA) is 60.1 Å². The van der Waals surface area contributed by atoms with Crippen molar-refractivity contribution in [1.82, 2.24) is 15.1 Å². The number of aromatic nitrogens is 2. The highest BCUT2D eigenvalue weighted by Gasteiger charge is 2.22. The molecule has 0 unspecified atom stereocenters. The molecule has 2 heterocycles. The van der Waals surface area contributed by atoms with Crippen molar-refractivity contribution in [1.29, 1.82) is 0 Å². The lowest BCUT2D eigenvalue weighted by Crippen LogP contribution is -2.37. The number of carbonyl (C=O) groups excluding carboxylic acids is 1. The predicted octanol–water partition coefficient (Wildman–Crippen LogP) is 4.64. The van der Waals surface area contributed by atoms with Crippen LogP contribution < -0.4 is 5.32 Å². The summed E-state index contributed by atoms with van der Waals surface area (Å²) in [4.78, 5) is 12.9. The molecule has 27 heavy (non-hydrogen) atoms. The van der Waals surface area contributed by atoms with E-state index in [4.69, 9.17) is 4.42 Å². The van der Waals surface area contributed by atoms with Crippen LogP contribution in [0.5, 0.6) is 0 Å². The molecule has 1 aliphatic rings. The number of hydrogen-bond acceptors (Lipinski definition) is 3. The van der Waals surface area contributed by atoms with E-state index in [0.29, 0.717) is 22.8 Å². The van der Waals surface area contributed by atoms with E-state index >= 15 is 0 Å². The zero-order chi connectivity index (χ0) is 18.8. The van der Waals surface area contributed by atoms with E-state index in [1.807, 2.05) is 19.1 Å². The molecule has 0 radical (unpaired) electrons. The second-order valence-corrected chi connectivity index (χ2v) is 7.02. The Hall–Kier alpha value is -2.89. The lowest BCUT2D eigenvalue weighted by molar-refractivity contribution is 0.0920. The van der Waals surface area contributed by atoms with Gasteiger partial charge in [0.15, 0.2) is 5.76 Å². The largest absolute Gasteiger partial charge is 0.460 e. The van der Waals surface area contributed by atoms with Gasteiger partial charge in [0.2, 0.25) is 0 Å². The Bertz CT molecular complexity index is 937. The summed E-state index contributed by atoms with van der Waals surface area (Å²) in [5.74, 6) is 0.865. The standard InChI is InChI=1S/C21H22FN3O2/c1-14-7-12-20(27-14)18-13-19(21(26)23-16-5-3-2-4-6-16)25(24-18)17-10-8-15(22)9-11-17/h7-13,16H,2-6H2,1H3,(H,23,26). The number of benzene rings is 1. The van der Waals surface area contributed by atoms with Gasteiger partial charge in [0, 0.05) is 12.1 Å². The number of halogens is 1. The number of nitrogens with one attached hydrogen (secondary N) is 1. The molecule has 1 aromatic carbocycles. The van der Waals surface area contributed by atoms with Gasteiger partial charge in [0.25, 0.3) is 5.91 Å². The van der Waals surface area contributed by atoms with Gasteiger partial charge in [-0.25, -0.2) is 9.07 Å². The number of aryl methyl sites for hydroxylation is 1. The van der Waals surface area contributed by atoms with Crippen molar-refractivity contribution in [3.05, 3.63) is 59.7 Å². The van der Waals surface area contributed by atoms with Crippen LogP contribution in [0.1, 0.15) is 48.4 Å². The van der Waals surface area contributed by atoms with Gasteiger partial charge < -0.3 is 9.73 Å². The first-order chi connectivity index (χ1) is 13.1. The summed E-state index contributed by atoms with van der Waals surface area (Å²) in [6, 6.07) is 11.5. The molecule has 3 aromatic rings. The van der Waals surface area contributed by atoms with Crippen molar-refractivity contribution in [3.8, 4) is 17.1 Å². The Balaban J connectivity index is 1.70. The molecule has 1 amide bonds. The molecule has 1 N–H and O–H groups in total.